The van der Waals surface area contributed by atoms with Gasteiger partial charge in [-0.2, -0.15) is 0 Å². The molecule has 0 bridgehead atoms. The third-order valence-corrected chi connectivity index (χ3v) is 3.68. The molecule has 6 heteroatoms. The average Bonchev–Trinajstić information content (AvgIpc) is 2.46. The number of rotatable bonds is 5. The molecule has 1 fully saturated rings. The molecule has 1 aliphatic rings. The molecule has 1 aliphatic heterocycles. The lowest BCUT2D eigenvalue weighted by Crippen LogP contribution is -2.38. The second-order valence-electron chi connectivity index (χ2n) is 5.80. The second-order valence-corrected chi connectivity index (χ2v) is 5.80. The largest absolute Gasteiger partial charge is 0.491 e. The van der Waals surface area contributed by atoms with Crippen LogP contribution in [0.2, 0.25) is 0 Å². The van der Waals surface area contributed by atoms with E-state index < -0.39 is 0 Å². The van der Waals surface area contributed by atoms with Crippen LogP contribution in [0.25, 0.3) is 0 Å². The zero-order valence-electron chi connectivity index (χ0n) is 12.6. The molecule has 1 atom stereocenters. The van der Waals surface area contributed by atoms with E-state index in [-0.39, 0.29) is 16.7 Å². The Labute approximate surface area is 125 Å². The van der Waals surface area contributed by atoms with Crippen molar-refractivity contribution in [3.63, 3.8) is 0 Å². The SMILES string of the molecule is CC(C)Oc1cc(N2CCCC(CN)C2)cc([N+](=O)[O-])c1. The van der Waals surface area contributed by atoms with E-state index in [9.17, 15) is 10.1 Å². The number of piperidine rings is 1. The molecule has 6 nitrogen and oxygen atoms in total. The smallest absolute Gasteiger partial charge is 0.275 e. The highest BCUT2D eigenvalue weighted by Gasteiger charge is 2.21. The summed E-state index contributed by atoms with van der Waals surface area (Å²) >= 11 is 0. The van der Waals surface area contributed by atoms with Crippen LogP contribution in [0.4, 0.5) is 11.4 Å². The van der Waals surface area contributed by atoms with Crippen LogP contribution in [0.15, 0.2) is 18.2 Å². The summed E-state index contributed by atoms with van der Waals surface area (Å²) in [5, 5.41) is 11.1. The minimum absolute atomic E-state index is 0.0157. The van der Waals surface area contributed by atoms with Gasteiger partial charge in [0.25, 0.3) is 5.69 Å². The van der Waals surface area contributed by atoms with Gasteiger partial charge in [0, 0.05) is 30.9 Å². The minimum Gasteiger partial charge on any atom is -0.491 e. The molecule has 21 heavy (non-hydrogen) atoms. The van der Waals surface area contributed by atoms with Gasteiger partial charge in [0.05, 0.1) is 17.1 Å². The topological polar surface area (TPSA) is 81.6 Å². The molecule has 2 rings (SSSR count). The number of nitro groups is 1. The van der Waals surface area contributed by atoms with Crippen molar-refractivity contribution in [3.8, 4) is 5.75 Å². The average molecular weight is 293 g/mol. The van der Waals surface area contributed by atoms with Gasteiger partial charge in [-0.25, -0.2) is 0 Å². The molecule has 0 aliphatic carbocycles. The molecule has 0 saturated carbocycles. The van der Waals surface area contributed by atoms with Gasteiger partial charge < -0.3 is 15.4 Å². The number of hydrogen-bond donors (Lipinski definition) is 1. The van der Waals surface area contributed by atoms with Crippen molar-refractivity contribution in [2.45, 2.75) is 32.8 Å². The number of ether oxygens (including phenoxy) is 1. The standard InChI is InChI=1S/C15H23N3O3/c1-11(2)21-15-7-13(6-14(8-15)18(19)20)17-5-3-4-12(9-16)10-17/h6-8,11-12H,3-5,9-10,16H2,1-2H3. The summed E-state index contributed by atoms with van der Waals surface area (Å²) < 4.78 is 5.63. The molecule has 1 saturated heterocycles. The Morgan fingerprint density at radius 3 is 2.86 bits per heavy atom. The van der Waals surface area contributed by atoms with Crippen LogP contribution in [0, 0.1) is 16.0 Å². The van der Waals surface area contributed by atoms with Gasteiger partial charge in [-0.05, 0) is 39.2 Å². The van der Waals surface area contributed by atoms with Crippen LogP contribution in [-0.4, -0.2) is 30.7 Å². The van der Waals surface area contributed by atoms with Crippen LogP contribution < -0.4 is 15.4 Å². The molecule has 0 radical (unpaired) electrons. The first-order valence-electron chi connectivity index (χ1n) is 7.40. The highest BCUT2D eigenvalue weighted by Crippen LogP contribution is 2.31. The lowest BCUT2D eigenvalue weighted by atomic mass is 9.98. The Morgan fingerprint density at radius 1 is 1.48 bits per heavy atom. The van der Waals surface area contributed by atoms with E-state index in [0.29, 0.717) is 18.2 Å². The van der Waals surface area contributed by atoms with Gasteiger partial charge in [0.1, 0.15) is 5.75 Å². The fraction of sp³-hybridized carbons (Fsp3) is 0.600. The van der Waals surface area contributed by atoms with Crippen LogP contribution in [0.5, 0.6) is 5.75 Å². The molecule has 1 unspecified atom stereocenters. The molecular weight excluding hydrogens is 270 g/mol. The number of non-ortho nitro benzene ring substituents is 1. The van der Waals surface area contributed by atoms with Gasteiger partial charge in [-0.3, -0.25) is 10.1 Å². The predicted molar refractivity (Wildman–Crippen MR) is 82.9 cm³/mol. The van der Waals surface area contributed by atoms with Gasteiger partial charge in [0.2, 0.25) is 0 Å². The first kappa shape index (κ1) is 15.6. The van der Waals surface area contributed by atoms with E-state index >= 15 is 0 Å². The fourth-order valence-corrected chi connectivity index (χ4v) is 2.69. The Kier molecular flexibility index (Phi) is 5.01. The van der Waals surface area contributed by atoms with Crippen molar-refractivity contribution in [1.29, 1.82) is 0 Å². The second kappa shape index (κ2) is 6.76. The van der Waals surface area contributed by atoms with Crippen molar-refractivity contribution in [1.82, 2.24) is 0 Å². The summed E-state index contributed by atoms with van der Waals surface area (Å²) in [7, 11) is 0. The summed E-state index contributed by atoms with van der Waals surface area (Å²) in [6.07, 6.45) is 2.17. The molecule has 1 aromatic rings. The third kappa shape index (κ3) is 4.07. The van der Waals surface area contributed by atoms with Crippen molar-refractivity contribution < 1.29 is 9.66 Å². The summed E-state index contributed by atoms with van der Waals surface area (Å²) in [4.78, 5) is 12.9. The summed E-state index contributed by atoms with van der Waals surface area (Å²) in [6, 6.07) is 4.98. The molecule has 0 amide bonds. The van der Waals surface area contributed by atoms with Crippen LogP contribution >= 0.6 is 0 Å². The molecule has 116 valence electrons. The number of nitrogens with zero attached hydrogens (tertiary/aromatic N) is 2. The maximum atomic E-state index is 11.1. The normalized spacial score (nSPS) is 18.9. The summed E-state index contributed by atoms with van der Waals surface area (Å²) in [6.45, 7) is 6.21. The Morgan fingerprint density at radius 2 is 2.24 bits per heavy atom. The van der Waals surface area contributed by atoms with Crippen molar-refractivity contribution in [3.05, 3.63) is 28.3 Å². The van der Waals surface area contributed by atoms with E-state index in [2.05, 4.69) is 4.90 Å². The summed E-state index contributed by atoms with van der Waals surface area (Å²) in [5.41, 5.74) is 6.67. The first-order chi connectivity index (χ1) is 9.99. The monoisotopic (exact) mass is 293 g/mol. The van der Waals surface area contributed by atoms with E-state index in [1.807, 2.05) is 19.9 Å². The Hall–Kier alpha value is -1.82. The number of nitrogens with two attached hydrogens (primary N) is 1. The van der Waals surface area contributed by atoms with Crippen LogP contribution in [0.3, 0.4) is 0 Å². The van der Waals surface area contributed by atoms with Crippen molar-refractivity contribution in [2.24, 2.45) is 11.7 Å². The number of nitro benzene ring substituents is 1. The third-order valence-electron chi connectivity index (χ3n) is 3.68. The fourth-order valence-electron chi connectivity index (χ4n) is 2.69. The zero-order valence-corrected chi connectivity index (χ0v) is 12.6. The quantitative estimate of drug-likeness (QED) is 0.666. The first-order valence-corrected chi connectivity index (χ1v) is 7.40. The Bertz CT molecular complexity index is 505. The minimum atomic E-state index is -0.374. The predicted octanol–water partition coefficient (Wildman–Crippen LogP) is 2.56. The van der Waals surface area contributed by atoms with Crippen molar-refractivity contribution >= 4 is 11.4 Å². The summed E-state index contributed by atoms with van der Waals surface area (Å²) in [5.74, 6) is 0.997. The van der Waals surface area contributed by atoms with Crippen LogP contribution in [0.1, 0.15) is 26.7 Å². The Balaban J connectivity index is 2.28. The molecular formula is C15H23N3O3. The van der Waals surface area contributed by atoms with Gasteiger partial charge >= 0.3 is 0 Å². The van der Waals surface area contributed by atoms with E-state index in [1.54, 1.807) is 6.07 Å². The van der Waals surface area contributed by atoms with E-state index in [4.69, 9.17) is 10.5 Å². The lowest BCUT2D eigenvalue weighted by molar-refractivity contribution is -0.384. The van der Waals surface area contributed by atoms with Crippen LogP contribution in [-0.2, 0) is 0 Å². The van der Waals surface area contributed by atoms with E-state index in [0.717, 1.165) is 31.6 Å². The van der Waals surface area contributed by atoms with Crippen molar-refractivity contribution in [2.75, 3.05) is 24.5 Å². The molecule has 2 N–H and O–H groups in total. The highest BCUT2D eigenvalue weighted by atomic mass is 16.6. The molecule has 1 aromatic carbocycles. The zero-order chi connectivity index (χ0) is 15.4. The molecule has 1 heterocycles. The number of benzene rings is 1. The molecule has 0 aromatic heterocycles. The van der Waals surface area contributed by atoms with Gasteiger partial charge in [0.15, 0.2) is 0 Å². The number of anilines is 1. The van der Waals surface area contributed by atoms with Gasteiger partial charge in [-0.15, -0.1) is 0 Å². The highest BCUT2D eigenvalue weighted by molar-refractivity contribution is 5.58. The van der Waals surface area contributed by atoms with Gasteiger partial charge in [-0.1, -0.05) is 0 Å². The lowest BCUT2D eigenvalue weighted by Gasteiger charge is -2.34. The maximum Gasteiger partial charge on any atom is 0.275 e. The van der Waals surface area contributed by atoms with E-state index in [1.165, 1.54) is 6.07 Å². The number of hydrogen-bond acceptors (Lipinski definition) is 5. The molecule has 0 spiro atoms. The maximum absolute atomic E-state index is 11.1.